The van der Waals surface area contributed by atoms with Gasteiger partial charge in [0, 0.05) is 28.8 Å². The minimum absolute atomic E-state index is 0.450. The third-order valence-electron chi connectivity index (χ3n) is 3.96. The van der Waals surface area contributed by atoms with Gasteiger partial charge in [0.1, 0.15) is 0 Å². The van der Waals surface area contributed by atoms with E-state index in [-0.39, 0.29) is 0 Å². The maximum atomic E-state index is 10.0. The van der Waals surface area contributed by atoms with Crippen LogP contribution in [-0.2, 0) is 0 Å². The molecule has 0 radical (unpaired) electrons. The first-order valence-electron chi connectivity index (χ1n) is 7.98. The van der Waals surface area contributed by atoms with Gasteiger partial charge in [-0.1, -0.05) is 29.8 Å². The average molecular weight is 357 g/mol. The van der Waals surface area contributed by atoms with Gasteiger partial charge in [-0.15, -0.1) is 0 Å². The Bertz CT molecular complexity index is 419. The summed E-state index contributed by atoms with van der Waals surface area (Å²) in [6.07, 6.45) is 0.694. The summed E-state index contributed by atoms with van der Waals surface area (Å²) in [6, 6.07) is 6.17. The van der Waals surface area contributed by atoms with E-state index in [1.54, 1.807) is 0 Å². The molecule has 0 saturated heterocycles. The van der Waals surface area contributed by atoms with Gasteiger partial charge < -0.3 is 14.9 Å². The number of benzene rings is 1. The van der Waals surface area contributed by atoms with E-state index >= 15 is 0 Å². The molecule has 0 saturated carbocycles. The van der Waals surface area contributed by atoms with E-state index in [0.717, 1.165) is 54.9 Å². The molecule has 1 N–H and O–H groups in total. The topological polar surface area (TPSA) is 26.7 Å². The number of anilines is 1. The highest BCUT2D eigenvalue weighted by molar-refractivity contribution is 9.10. The zero-order chi connectivity index (χ0) is 15.8. The molecule has 0 fully saturated rings. The Hall–Kier alpha value is -0.580. The Labute approximate surface area is 138 Å². The van der Waals surface area contributed by atoms with Crippen LogP contribution >= 0.6 is 15.9 Å². The van der Waals surface area contributed by atoms with Gasteiger partial charge in [0.05, 0.1) is 6.10 Å². The fraction of sp³-hybridized carbons (Fsp3) is 0.647. The minimum Gasteiger partial charge on any atom is -0.389 e. The molecule has 0 heterocycles. The van der Waals surface area contributed by atoms with Crippen molar-refractivity contribution in [1.29, 1.82) is 0 Å². The molecule has 0 bridgehead atoms. The number of nitrogens with zero attached hydrogens (tertiary/aromatic N) is 2. The lowest BCUT2D eigenvalue weighted by Gasteiger charge is -2.28. The van der Waals surface area contributed by atoms with Gasteiger partial charge in [-0.2, -0.15) is 0 Å². The van der Waals surface area contributed by atoms with Gasteiger partial charge in [0.2, 0.25) is 0 Å². The summed E-state index contributed by atoms with van der Waals surface area (Å²) in [5.41, 5.74) is 2.14. The van der Waals surface area contributed by atoms with E-state index in [4.69, 9.17) is 0 Å². The SMILES string of the molecule is CCN(CC)CCCN(CC)c1ccc(Br)cc1C(C)O. The smallest absolute Gasteiger partial charge is 0.0782 e. The molecule has 1 atom stereocenters. The fourth-order valence-corrected chi connectivity index (χ4v) is 3.00. The normalized spacial score (nSPS) is 12.7. The van der Waals surface area contributed by atoms with Crippen LogP contribution in [0.1, 0.15) is 45.8 Å². The molecule has 0 aromatic heterocycles. The number of aliphatic hydroxyl groups excluding tert-OH is 1. The fourth-order valence-electron chi connectivity index (χ4n) is 2.62. The molecule has 1 rings (SSSR count). The number of hydrogen-bond donors (Lipinski definition) is 1. The largest absolute Gasteiger partial charge is 0.389 e. The molecular formula is C17H29BrN2O. The molecule has 1 aromatic carbocycles. The molecule has 4 heteroatoms. The lowest BCUT2D eigenvalue weighted by atomic mass is 10.1. The van der Waals surface area contributed by atoms with E-state index < -0.39 is 6.10 Å². The third kappa shape index (κ3) is 5.61. The Kier molecular flexibility index (Phi) is 8.30. The molecule has 120 valence electrons. The molecule has 0 aliphatic carbocycles. The van der Waals surface area contributed by atoms with Crippen LogP contribution in [0.5, 0.6) is 0 Å². The molecule has 1 unspecified atom stereocenters. The Morgan fingerprint density at radius 1 is 1.10 bits per heavy atom. The average Bonchev–Trinajstić information content (AvgIpc) is 2.48. The second kappa shape index (κ2) is 9.44. The summed E-state index contributed by atoms with van der Waals surface area (Å²) in [5.74, 6) is 0. The molecule has 0 aliphatic heterocycles. The molecular weight excluding hydrogens is 328 g/mol. The quantitative estimate of drug-likeness (QED) is 0.722. The lowest BCUT2D eigenvalue weighted by molar-refractivity contribution is 0.199. The van der Waals surface area contributed by atoms with Crippen LogP contribution in [0.2, 0.25) is 0 Å². The summed E-state index contributed by atoms with van der Waals surface area (Å²) in [6.45, 7) is 13.8. The maximum absolute atomic E-state index is 10.0. The van der Waals surface area contributed by atoms with Crippen molar-refractivity contribution in [3.8, 4) is 0 Å². The van der Waals surface area contributed by atoms with Crippen molar-refractivity contribution in [2.75, 3.05) is 37.6 Å². The van der Waals surface area contributed by atoms with Crippen LogP contribution in [0.3, 0.4) is 0 Å². The number of aliphatic hydroxyl groups is 1. The van der Waals surface area contributed by atoms with Crippen molar-refractivity contribution >= 4 is 21.6 Å². The second-order valence-corrected chi connectivity index (χ2v) is 6.25. The van der Waals surface area contributed by atoms with Gasteiger partial charge in [-0.05, 0) is 58.1 Å². The van der Waals surface area contributed by atoms with Crippen LogP contribution in [-0.4, -0.2) is 42.7 Å². The van der Waals surface area contributed by atoms with Crippen molar-refractivity contribution in [3.05, 3.63) is 28.2 Å². The molecule has 0 spiro atoms. The summed E-state index contributed by atoms with van der Waals surface area (Å²) >= 11 is 3.49. The first kappa shape index (κ1) is 18.5. The standard InChI is InChI=1S/C17H29BrN2O/c1-5-19(6-2)11-8-12-20(7-3)17-10-9-15(18)13-16(17)14(4)21/h9-10,13-14,21H,5-8,11-12H2,1-4H3. The first-order chi connectivity index (χ1) is 10.0. The summed E-state index contributed by atoms with van der Waals surface area (Å²) < 4.78 is 1.02. The predicted molar refractivity (Wildman–Crippen MR) is 95.1 cm³/mol. The van der Waals surface area contributed by atoms with Gasteiger partial charge in [-0.3, -0.25) is 0 Å². The van der Waals surface area contributed by atoms with Gasteiger partial charge in [-0.25, -0.2) is 0 Å². The van der Waals surface area contributed by atoms with Crippen molar-refractivity contribution < 1.29 is 5.11 Å². The second-order valence-electron chi connectivity index (χ2n) is 5.34. The Balaban J connectivity index is 2.76. The monoisotopic (exact) mass is 356 g/mol. The number of halogens is 1. The minimum atomic E-state index is -0.450. The van der Waals surface area contributed by atoms with Crippen LogP contribution in [0.15, 0.2) is 22.7 Å². The van der Waals surface area contributed by atoms with Gasteiger partial charge >= 0.3 is 0 Å². The van der Waals surface area contributed by atoms with Gasteiger partial charge in [0.25, 0.3) is 0 Å². The lowest BCUT2D eigenvalue weighted by Crippen LogP contribution is -2.30. The van der Waals surface area contributed by atoms with Crippen LogP contribution in [0.4, 0.5) is 5.69 Å². The Morgan fingerprint density at radius 2 is 1.76 bits per heavy atom. The summed E-state index contributed by atoms with van der Waals surface area (Å²) in [5, 5.41) is 10.0. The first-order valence-corrected chi connectivity index (χ1v) is 8.77. The number of rotatable bonds is 9. The van der Waals surface area contributed by atoms with E-state index in [1.807, 2.05) is 19.1 Å². The summed E-state index contributed by atoms with van der Waals surface area (Å²) in [4.78, 5) is 4.81. The van der Waals surface area contributed by atoms with E-state index in [1.165, 1.54) is 0 Å². The summed E-state index contributed by atoms with van der Waals surface area (Å²) in [7, 11) is 0. The van der Waals surface area contributed by atoms with Crippen LogP contribution < -0.4 is 4.90 Å². The van der Waals surface area contributed by atoms with E-state index in [0.29, 0.717) is 0 Å². The molecule has 1 aromatic rings. The highest BCUT2D eigenvalue weighted by atomic mass is 79.9. The van der Waals surface area contributed by atoms with E-state index in [9.17, 15) is 5.11 Å². The highest BCUT2D eigenvalue weighted by Gasteiger charge is 2.14. The molecule has 3 nitrogen and oxygen atoms in total. The predicted octanol–water partition coefficient (Wildman–Crippen LogP) is 4.06. The molecule has 21 heavy (non-hydrogen) atoms. The molecule has 0 aliphatic rings. The highest BCUT2D eigenvalue weighted by Crippen LogP contribution is 2.29. The van der Waals surface area contributed by atoms with E-state index in [2.05, 4.69) is 52.6 Å². The zero-order valence-corrected chi connectivity index (χ0v) is 15.4. The Morgan fingerprint density at radius 3 is 2.29 bits per heavy atom. The van der Waals surface area contributed by atoms with Crippen LogP contribution in [0.25, 0.3) is 0 Å². The zero-order valence-electron chi connectivity index (χ0n) is 13.8. The van der Waals surface area contributed by atoms with Crippen molar-refractivity contribution in [2.24, 2.45) is 0 Å². The third-order valence-corrected chi connectivity index (χ3v) is 4.45. The van der Waals surface area contributed by atoms with Gasteiger partial charge in [0.15, 0.2) is 0 Å². The van der Waals surface area contributed by atoms with Crippen molar-refractivity contribution in [3.63, 3.8) is 0 Å². The molecule has 0 amide bonds. The van der Waals surface area contributed by atoms with Crippen molar-refractivity contribution in [2.45, 2.75) is 40.2 Å². The van der Waals surface area contributed by atoms with Crippen LogP contribution in [0, 0.1) is 0 Å². The maximum Gasteiger partial charge on any atom is 0.0782 e. The van der Waals surface area contributed by atoms with Crippen molar-refractivity contribution in [1.82, 2.24) is 4.90 Å². The number of hydrogen-bond acceptors (Lipinski definition) is 3.